The van der Waals surface area contributed by atoms with E-state index in [2.05, 4.69) is 21.2 Å². The van der Waals surface area contributed by atoms with Crippen LogP contribution >= 0.6 is 15.9 Å². The second-order valence-electron chi connectivity index (χ2n) is 7.35. The summed E-state index contributed by atoms with van der Waals surface area (Å²) in [6.07, 6.45) is 3.82. The Labute approximate surface area is 207 Å². The van der Waals surface area contributed by atoms with Gasteiger partial charge in [0, 0.05) is 11.8 Å². The summed E-state index contributed by atoms with van der Waals surface area (Å²) in [5.41, 5.74) is 2.68. The molecule has 0 atom stereocenters. The topological polar surface area (TPSA) is 73.9 Å². The lowest BCUT2D eigenvalue weighted by Crippen LogP contribution is -2.10. The smallest absolute Gasteiger partial charge is 0.338 e. The first-order valence-electron chi connectivity index (χ1n) is 10.8. The Morgan fingerprint density at radius 2 is 1.82 bits per heavy atom. The molecule has 0 unspecified atom stereocenters. The average molecular weight is 524 g/mol. The molecule has 0 saturated carbocycles. The first kappa shape index (κ1) is 25.1. The Morgan fingerprint density at radius 3 is 2.56 bits per heavy atom. The van der Waals surface area contributed by atoms with Gasteiger partial charge in [0.05, 0.1) is 23.8 Å². The van der Waals surface area contributed by atoms with E-state index < -0.39 is 5.97 Å². The number of carbonyl (C=O) groups is 2. The van der Waals surface area contributed by atoms with Crippen molar-refractivity contribution in [3.8, 4) is 11.5 Å². The van der Waals surface area contributed by atoms with Gasteiger partial charge in [-0.15, -0.1) is 0 Å². The minimum atomic E-state index is -0.417. The molecule has 0 aliphatic rings. The van der Waals surface area contributed by atoms with Gasteiger partial charge in [-0.2, -0.15) is 0 Å². The number of halogens is 1. The summed E-state index contributed by atoms with van der Waals surface area (Å²) in [6, 6.07) is 20.1. The SMILES string of the molecule is CCCOC(=O)c1cccc(NC(=O)C=Cc2cc(Br)c(OCc3ccccc3)c(OC)c2)c1. The van der Waals surface area contributed by atoms with E-state index in [0.29, 0.717) is 40.4 Å². The maximum atomic E-state index is 12.4. The van der Waals surface area contributed by atoms with Crippen molar-refractivity contribution >= 4 is 39.6 Å². The van der Waals surface area contributed by atoms with E-state index >= 15 is 0 Å². The van der Waals surface area contributed by atoms with Crippen LogP contribution < -0.4 is 14.8 Å². The predicted molar refractivity (Wildman–Crippen MR) is 136 cm³/mol. The second kappa shape index (κ2) is 12.6. The first-order chi connectivity index (χ1) is 16.5. The molecule has 0 bridgehead atoms. The lowest BCUT2D eigenvalue weighted by atomic mass is 10.1. The van der Waals surface area contributed by atoms with E-state index in [9.17, 15) is 9.59 Å². The highest BCUT2D eigenvalue weighted by molar-refractivity contribution is 9.10. The quantitative estimate of drug-likeness (QED) is 0.251. The van der Waals surface area contributed by atoms with Crippen LogP contribution in [0, 0.1) is 0 Å². The molecular weight excluding hydrogens is 498 g/mol. The van der Waals surface area contributed by atoms with Gasteiger partial charge in [0.25, 0.3) is 0 Å². The van der Waals surface area contributed by atoms with E-state index in [1.54, 1.807) is 43.5 Å². The molecule has 0 radical (unpaired) electrons. The van der Waals surface area contributed by atoms with Crippen LogP contribution in [-0.4, -0.2) is 25.6 Å². The van der Waals surface area contributed by atoms with Gasteiger partial charge < -0.3 is 19.5 Å². The molecule has 3 aromatic rings. The fourth-order valence-electron chi connectivity index (χ4n) is 3.06. The van der Waals surface area contributed by atoms with Crippen molar-refractivity contribution in [1.82, 2.24) is 0 Å². The number of ether oxygens (including phenoxy) is 3. The summed E-state index contributed by atoms with van der Waals surface area (Å²) in [5.74, 6) is 0.377. The zero-order valence-electron chi connectivity index (χ0n) is 19.0. The standard InChI is InChI=1S/C27H26BrNO5/c1-3-14-33-27(31)21-10-7-11-22(17-21)29-25(30)13-12-20-15-23(28)26(24(16-20)32-2)34-18-19-8-5-4-6-9-19/h4-13,15-17H,3,14,18H2,1-2H3,(H,29,30). The number of rotatable bonds is 10. The summed E-state index contributed by atoms with van der Waals surface area (Å²) in [5, 5.41) is 2.76. The molecule has 0 heterocycles. The highest BCUT2D eigenvalue weighted by atomic mass is 79.9. The van der Waals surface area contributed by atoms with E-state index in [1.165, 1.54) is 6.08 Å². The number of hydrogen-bond acceptors (Lipinski definition) is 5. The maximum absolute atomic E-state index is 12.4. The monoisotopic (exact) mass is 523 g/mol. The van der Waals surface area contributed by atoms with Crippen molar-refractivity contribution in [2.24, 2.45) is 0 Å². The lowest BCUT2D eigenvalue weighted by molar-refractivity contribution is -0.111. The predicted octanol–water partition coefficient (Wildman–Crippen LogP) is 6.26. The van der Waals surface area contributed by atoms with Crippen LogP contribution in [0.15, 0.2) is 77.3 Å². The number of amides is 1. The Kier molecular flexibility index (Phi) is 9.29. The molecular formula is C27H26BrNO5. The zero-order chi connectivity index (χ0) is 24.3. The maximum Gasteiger partial charge on any atom is 0.338 e. The van der Waals surface area contributed by atoms with Crippen molar-refractivity contribution in [1.29, 1.82) is 0 Å². The summed E-state index contributed by atoms with van der Waals surface area (Å²) in [7, 11) is 1.57. The van der Waals surface area contributed by atoms with Gasteiger partial charge in [0.2, 0.25) is 5.91 Å². The molecule has 0 spiro atoms. The molecule has 7 heteroatoms. The Morgan fingerprint density at radius 1 is 1.03 bits per heavy atom. The minimum absolute atomic E-state index is 0.335. The van der Waals surface area contributed by atoms with Crippen LogP contribution in [0.3, 0.4) is 0 Å². The van der Waals surface area contributed by atoms with Gasteiger partial charge in [0.15, 0.2) is 11.5 Å². The van der Waals surface area contributed by atoms with Gasteiger partial charge in [-0.25, -0.2) is 4.79 Å². The van der Waals surface area contributed by atoms with Gasteiger partial charge in [-0.1, -0.05) is 43.3 Å². The third-order valence-electron chi connectivity index (χ3n) is 4.71. The summed E-state index contributed by atoms with van der Waals surface area (Å²) < 4.78 is 17.3. The van der Waals surface area contributed by atoms with Crippen LogP contribution in [0.5, 0.6) is 11.5 Å². The van der Waals surface area contributed by atoms with Crippen molar-refractivity contribution in [2.75, 3.05) is 19.0 Å². The van der Waals surface area contributed by atoms with Crippen LogP contribution in [0.1, 0.15) is 34.8 Å². The van der Waals surface area contributed by atoms with Crippen molar-refractivity contribution < 1.29 is 23.8 Å². The third kappa shape index (κ3) is 7.22. The molecule has 0 fully saturated rings. The van der Waals surface area contributed by atoms with Crippen molar-refractivity contribution in [3.05, 3.63) is 94.0 Å². The van der Waals surface area contributed by atoms with E-state index in [4.69, 9.17) is 14.2 Å². The third-order valence-corrected chi connectivity index (χ3v) is 5.30. The largest absolute Gasteiger partial charge is 0.493 e. The summed E-state index contributed by atoms with van der Waals surface area (Å²) in [6.45, 7) is 2.68. The fraction of sp³-hybridized carbons (Fsp3) is 0.185. The number of nitrogens with one attached hydrogen (secondary N) is 1. The molecule has 176 valence electrons. The van der Waals surface area contributed by atoms with Crippen LogP contribution in [0.2, 0.25) is 0 Å². The molecule has 1 N–H and O–H groups in total. The van der Waals surface area contributed by atoms with Gasteiger partial charge >= 0.3 is 5.97 Å². The first-order valence-corrected chi connectivity index (χ1v) is 11.6. The number of anilines is 1. The highest BCUT2D eigenvalue weighted by Gasteiger charge is 2.12. The fourth-order valence-corrected chi connectivity index (χ4v) is 3.64. The van der Waals surface area contributed by atoms with Gasteiger partial charge in [0.1, 0.15) is 6.61 Å². The van der Waals surface area contributed by atoms with Crippen LogP contribution in [0.25, 0.3) is 6.08 Å². The van der Waals surface area contributed by atoms with Gasteiger partial charge in [-0.3, -0.25) is 4.79 Å². The van der Waals surface area contributed by atoms with E-state index in [-0.39, 0.29) is 5.91 Å². The number of carbonyl (C=O) groups excluding carboxylic acids is 2. The second-order valence-corrected chi connectivity index (χ2v) is 8.20. The Hall–Kier alpha value is -3.58. The minimum Gasteiger partial charge on any atom is -0.493 e. The lowest BCUT2D eigenvalue weighted by Gasteiger charge is -2.13. The van der Waals surface area contributed by atoms with Crippen molar-refractivity contribution in [2.45, 2.75) is 20.0 Å². The molecule has 0 aromatic heterocycles. The molecule has 1 amide bonds. The Bertz CT molecular complexity index is 1160. The van der Waals surface area contributed by atoms with Gasteiger partial charge in [-0.05, 0) is 69.9 Å². The normalized spacial score (nSPS) is 10.7. The average Bonchev–Trinajstić information content (AvgIpc) is 2.85. The molecule has 0 aliphatic heterocycles. The molecule has 3 rings (SSSR count). The summed E-state index contributed by atoms with van der Waals surface area (Å²) in [4.78, 5) is 24.4. The Balaban J connectivity index is 1.66. The highest BCUT2D eigenvalue weighted by Crippen LogP contribution is 2.37. The van der Waals surface area contributed by atoms with E-state index in [0.717, 1.165) is 17.5 Å². The molecule has 3 aromatic carbocycles. The zero-order valence-corrected chi connectivity index (χ0v) is 20.6. The van der Waals surface area contributed by atoms with Crippen LogP contribution in [-0.2, 0) is 16.1 Å². The molecule has 0 saturated heterocycles. The van der Waals surface area contributed by atoms with Crippen LogP contribution in [0.4, 0.5) is 5.69 Å². The van der Waals surface area contributed by atoms with Crippen molar-refractivity contribution in [3.63, 3.8) is 0 Å². The molecule has 6 nitrogen and oxygen atoms in total. The number of methoxy groups -OCH3 is 1. The molecule has 34 heavy (non-hydrogen) atoms. The van der Waals surface area contributed by atoms with E-state index in [1.807, 2.05) is 43.3 Å². The number of benzene rings is 3. The number of esters is 1. The number of hydrogen-bond donors (Lipinski definition) is 1. The summed E-state index contributed by atoms with van der Waals surface area (Å²) >= 11 is 3.53. The molecule has 0 aliphatic carbocycles.